The van der Waals surface area contributed by atoms with E-state index in [1.54, 1.807) is 0 Å². The summed E-state index contributed by atoms with van der Waals surface area (Å²) in [5, 5.41) is 3.02. The molecule has 0 fully saturated rings. The van der Waals surface area contributed by atoms with Crippen molar-refractivity contribution in [1.29, 1.82) is 0 Å². The number of likely N-dealkylation sites (N-methyl/N-ethyl adjacent to an activating group) is 1. The van der Waals surface area contributed by atoms with E-state index in [9.17, 15) is 4.79 Å². The maximum absolute atomic E-state index is 12.4. The summed E-state index contributed by atoms with van der Waals surface area (Å²) in [7, 11) is 2.13. The molecule has 3 rings (SSSR count). The average Bonchev–Trinajstić information content (AvgIpc) is 2.54. The minimum atomic E-state index is 0.0798. The van der Waals surface area contributed by atoms with Gasteiger partial charge in [-0.25, -0.2) is 0 Å². The average molecular weight is 309 g/mol. The van der Waals surface area contributed by atoms with Gasteiger partial charge in [0.15, 0.2) is 6.54 Å². The van der Waals surface area contributed by atoms with E-state index in [1.165, 1.54) is 22.4 Å². The molecule has 23 heavy (non-hydrogen) atoms. The summed E-state index contributed by atoms with van der Waals surface area (Å²) in [6.45, 7) is 2.53. The molecule has 1 aliphatic rings. The van der Waals surface area contributed by atoms with Crippen molar-refractivity contribution < 1.29 is 9.69 Å². The molecule has 0 aromatic heterocycles. The highest BCUT2D eigenvalue weighted by molar-refractivity contribution is 5.91. The van der Waals surface area contributed by atoms with Gasteiger partial charge < -0.3 is 10.2 Å². The number of aryl methyl sites for hydroxylation is 2. The molecule has 2 aromatic carbocycles. The Morgan fingerprint density at radius 3 is 2.87 bits per heavy atom. The van der Waals surface area contributed by atoms with Crippen LogP contribution >= 0.6 is 0 Å². The fourth-order valence-corrected chi connectivity index (χ4v) is 3.57. The number of quaternary nitrogens is 1. The van der Waals surface area contributed by atoms with Crippen LogP contribution in [0.25, 0.3) is 0 Å². The van der Waals surface area contributed by atoms with Gasteiger partial charge in [-0.1, -0.05) is 36.4 Å². The lowest BCUT2D eigenvalue weighted by atomic mass is 9.87. The molecule has 1 aliphatic carbocycles. The number of hydrogen-bond donors (Lipinski definition) is 2. The Hall–Kier alpha value is -2.13. The number of carbonyl (C=O) groups excluding carboxylic acids is 1. The molecule has 0 saturated carbocycles. The Kier molecular flexibility index (Phi) is 4.77. The van der Waals surface area contributed by atoms with Crippen LogP contribution in [0.4, 0.5) is 5.69 Å². The zero-order chi connectivity index (χ0) is 16.2. The number of rotatable bonds is 4. The molecule has 0 aliphatic heterocycles. The molecular weight excluding hydrogens is 284 g/mol. The quantitative estimate of drug-likeness (QED) is 0.894. The molecule has 0 radical (unpaired) electrons. The zero-order valence-electron chi connectivity index (χ0n) is 13.9. The minimum absolute atomic E-state index is 0.0798. The zero-order valence-corrected chi connectivity index (χ0v) is 13.9. The van der Waals surface area contributed by atoms with Crippen LogP contribution in [0.2, 0.25) is 0 Å². The number of anilines is 1. The first-order valence-corrected chi connectivity index (χ1v) is 8.40. The van der Waals surface area contributed by atoms with E-state index in [0.29, 0.717) is 12.6 Å². The van der Waals surface area contributed by atoms with Crippen molar-refractivity contribution in [3.05, 3.63) is 65.2 Å². The smallest absolute Gasteiger partial charge is 0.279 e. The lowest BCUT2D eigenvalue weighted by Gasteiger charge is -2.30. The highest BCUT2D eigenvalue weighted by Crippen LogP contribution is 2.27. The molecule has 3 nitrogen and oxygen atoms in total. The van der Waals surface area contributed by atoms with Crippen molar-refractivity contribution in [3.8, 4) is 0 Å². The summed E-state index contributed by atoms with van der Waals surface area (Å²) in [4.78, 5) is 13.6. The van der Waals surface area contributed by atoms with Crippen LogP contribution in [-0.4, -0.2) is 19.5 Å². The minimum Gasteiger partial charge on any atom is -0.323 e. The van der Waals surface area contributed by atoms with Crippen LogP contribution in [-0.2, 0) is 11.2 Å². The van der Waals surface area contributed by atoms with Gasteiger partial charge in [0, 0.05) is 17.7 Å². The maximum atomic E-state index is 12.4. The standard InChI is InChI=1S/C20H24N2O/c1-15-7-5-10-17(13-15)21-20(23)14-22(2)19-12-6-9-16-8-3-4-11-18(16)19/h3-5,7-8,10-11,13,19H,6,9,12,14H2,1-2H3,(H,21,23)/p+1/t19-/m0/s1. The largest absolute Gasteiger partial charge is 0.323 e. The van der Waals surface area contributed by atoms with E-state index in [4.69, 9.17) is 0 Å². The summed E-state index contributed by atoms with van der Waals surface area (Å²) in [6, 6.07) is 17.0. The fourth-order valence-electron chi connectivity index (χ4n) is 3.57. The van der Waals surface area contributed by atoms with Crippen LogP contribution in [0, 0.1) is 6.92 Å². The molecule has 0 saturated heterocycles. The van der Waals surface area contributed by atoms with Crippen molar-refractivity contribution in [3.63, 3.8) is 0 Å². The van der Waals surface area contributed by atoms with Crippen molar-refractivity contribution in [2.45, 2.75) is 32.2 Å². The molecule has 2 N–H and O–H groups in total. The van der Waals surface area contributed by atoms with Crippen LogP contribution < -0.4 is 10.2 Å². The summed E-state index contributed by atoms with van der Waals surface area (Å²) >= 11 is 0. The molecule has 1 unspecified atom stereocenters. The Bertz CT molecular complexity index is 696. The first-order valence-electron chi connectivity index (χ1n) is 8.40. The predicted octanol–water partition coefficient (Wildman–Crippen LogP) is 2.53. The Balaban J connectivity index is 1.65. The van der Waals surface area contributed by atoms with Gasteiger partial charge in [-0.3, -0.25) is 4.79 Å². The summed E-state index contributed by atoms with van der Waals surface area (Å²) in [6.07, 6.45) is 3.52. The third-order valence-corrected chi connectivity index (χ3v) is 4.71. The van der Waals surface area contributed by atoms with Crippen molar-refractivity contribution >= 4 is 11.6 Å². The van der Waals surface area contributed by atoms with E-state index >= 15 is 0 Å². The van der Waals surface area contributed by atoms with Gasteiger partial charge in [-0.2, -0.15) is 0 Å². The van der Waals surface area contributed by atoms with E-state index in [2.05, 4.69) is 36.6 Å². The molecule has 0 bridgehead atoms. The van der Waals surface area contributed by atoms with Crippen LogP contribution in [0.3, 0.4) is 0 Å². The highest BCUT2D eigenvalue weighted by Gasteiger charge is 2.27. The molecule has 120 valence electrons. The number of amides is 1. The van der Waals surface area contributed by atoms with Crippen LogP contribution in [0.1, 0.15) is 35.6 Å². The maximum Gasteiger partial charge on any atom is 0.279 e. The lowest BCUT2D eigenvalue weighted by molar-refractivity contribution is -0.905. The second kappa shape index (κ2) is 6.97. The SMILES string of the molecule is Cc1cccc(NC(=O)C[NH+](C)[C@H]2CCCc3ccccc32)c1. The Morgan fingerprint density at radius 2 is 2.04 bits per heavy atom. The molecule has 2 atom stereocenters. The van der Waals surface area contributed by atoms with Gasteiger partial charge in [0.2, 0.25) is 0 Å². The third-order valence-electron chi connectivity index (χ3n) is 4.71. The second-order valence-corrected chi connectivity index (χ2v) is 6.58. The van der Waals surface area contributed by atoms with E-state index in [0.717, 1.165) is 24.1 Å². The Labute approximate surface area is 138 Å². The van der Waals surface area contributed by atoms with Crippen LogP contribution in [0.15, 0.2) is 48.5 Å². The van der Waals surface area contributed by atoms with Gasteiger partial charge in [-0.15, -0.1) is 0 Å². The normalized spacial score (nSPS) is 18.1. The molecule has 1 amide bonds. The first kappa shape index (κ1) is 15.8. The molecule has 2 aromatic rings. The number of benzene rings is 2. The summed E-state index contributed by atoms with van der Waals surface area (Å²) < 4.78 is 0. The predicted molar refractivity (Wildman–Crippen MR) is 93.7 cm³/mol. The number of nitrogens with one attached hydrogen (secondary N) is 2. The van der Waals surface area contributed by atoms with Crippen molar-refractivity contribution in [2.24, 2.45) is 0 Å². The first-order chi connectivity index (χ1) is 11.1. The van der Waals surface area contributed by atoms with Gasteiger partial charge in [0.1, 0.15) is 6.04 Å². The fraction of sp³-hybridized carbons (Fsp3) is 0.350. The third kappa shape index (κ3) is 3.80. The number of hydrogen-bond acceptors (Lipinski definition) is 1. The van der Waals surface area contributed by atoms with E-state index < -0.39 is 0 Å². The van der Waals surface area contributed by atoms with Crippen LogP contribution in [0.5, 0.6) is 0 Å². The van der Waals surface area contributed by atoms with Crippen molar-refractivity contribution in [1.82, 2.24) is 0 Å². The monoisotopic (exact) mass is 309 g/mol. The highest BCUT2D eigenvalue weighted by atomic mass is 16.2. The molecule has 0 spiro atoms. The number of carbonyl (C=O) groups is 1. The Morgan fingerprint density at radius 1 is 1.22 bits per heavy atom. The summed E-state index contributed by atoms with van der Waals surface area (Å²) in [5.41, 5.74) is 4.90. The van der Waals surface area contributed by atoms with E-state index in [-0.39, 0.29) is 5.91 Å². The number of fused-ring (bicyclic) bond motifs is 1. The molecule has 3 heteroatoms. The lowest BCUT2D eigenvalue weighted by Crippen LogP contribution is -3.10. The van der Waals surface area contributed by atoms with Gasteiger partial charge in [-0.05, 0) is 43.0 Å². The van der Waals surface area contributed by atoms with Gasteiger partial charge in [0.25, 0.3) is 5.91 Å². The van der Waals surface area contributed by atoms with Crippen molar-refractivity contribution in [2.75, 3.05) is 18.9 Å². The molecule has 0 heterocycles. The van der Waals surface area contributed by atoms with Gasteiger partial charge in [0.05, 0.1) is 7.05 Å². The summed E-state index contributed by atoms with van der Waals surface area (Å²) in [5.74, 6) is 0.0798. The van der Waals surface area contributed by atoms with E-state index in [1.807, 2.05) is 31.2 Å². The van der Waals surface area contributed by atoms with Gasteiger partial charge >= 0.3 is 0 Å². The second-order valence-electron chi connectivity index (χ2n) is 6.58. The topological polar surface area (TPSA) is 33.5 Å². The molecular formula is C20H25N2O+.